The van der Waals surface area contributed by atoms with Gasteiger partial charge in [0.15, 0.2) is 0 Å². The van der Waals surface area contributed by atoms with Crippen molar-refractivity contribution in [3.63, 3.8) is 0 Å². The van der Waals surface area contributed by atoms with E-state index in [0.29, 0.717) is 137 Å². The number of nitrogens with two attached hydrogens (primary N) is 2. The lowest BCUT2D eigenvalue weighted by Gasteiger charge is -2.22. The summed E-state index contributed by atoms with van der Waals surface area (Å²) in [5.74, 6) is -8.84. The minimum atomic E-state index is -1.26. The lowest BCUT2D eigenvalue weighted by atomic mass is 9.83. The fourth-order valence-electron chi connectivity index (χ4n) is 8.94. The van der Waals surface area contributed by atoms with E-state index in [4.69, 9.17) is 20.9 Å². The largest absolute Gasteiger partial charge is 0.464 e. The summed E-state index contributed by atoms with van der Waals surface area (Å²) in [5.41, 5.74) is 11.1. The number of likely N-dealkylation sites (N-methyl/N-ethyl adjacent to an activating group) is 2. The van der Waals surface area contributed by atoms with Crippen molar-refractivity contribution in [3.05, 3.63) is 0 Å². The van der Waals surface area contributed by atoms with Crippen molar-refractivity contribution in [2.45, 2.75) is 119 Å². The summed E-state index contributed by atoms with van der Waals surface area (Å²) >= 11 is 0. The maximum absolute atomic E-state index is 14.5. The highest BCUT2D eigenvalue weighted by molar-refractivity contribution is 5.97. The van der Waals surface area contributed by atoms with Crippen molar-refractivity contribution < 1.29 is 57.4 Å². The Morgan fingerprint density at radius 1 is 0.372 bits per heavy atom. The standard InChI is InChI=1S/C59H115N15O12/c1-7-13-18-70-59(84)49(45-54(79)69-31-27-64-21-16-60)42-51(76)41-48(58(83)72-33-29-65-22-17-61)43-52(77)47(44-53(78)68-32-28-66-25-23-62-19-14-55(80)85-37-35-73(9-3)10-4)40-50(75)39-46(8-2)57(82)71-34-30-67-26-24-63-20-15-56(81)86-38-36-74(11-5)12-6/h46-49,62-67H,7-45,60-61H2,1-6H3,(H,68,78)(H,69,79)(H,70,84)(H,71,82)(H,72,83). The van der Waals surface area contributed by atoms with Crippen molar-refractivity contribution in [3.8, 4) is 0 Å². The number of ketones is 3. The van der Waals surface area contributed by atoms with Crippen LogP contribution in [-0.2, 0) is 57.4 Å². The van der Waals surface area contributed by atoms with Gasteiger partial charge in [-0.2, -0.15) is 0 Å². The molecule has 0 spiro atoms. The Morgan fingerprint density at radius 2 is 0.709 bits per heavy atom. The molecule has 15 N–H and O–H groups in total. The molecule has 0 radical (unpaired) electrons. The van der Waals surface area contributed by atoms with Gasteiger partial charge in [0, 0.05) is 194 Å². The molecule has 0 aliphatic carbocycles. The lowest BCUT2D eigenvalue weighted by Crippen LogP contribution is -2.41. The van der Waals surface area contributed by atoms with Gasteiger partial charge < -0.3 is 89.2 Å². The molecule has 5 amide bonds. The molecule has 0 rings (SSSR count). The maximum atomic E-state index is 14.5. The van der Waals surface area contributed by atoms with Gasteiger partial charge in [-0.05, 0) is 39.0 Å². The molecule has 0 bridgehead atoms. The van der Waals surface area contributed by atoms with E-state index in [1.54, 1.807) is 6.92 Å². The number of carbonyl (C=O) groups is 10. The molecule has 0 aliphatic rings. The first-order valence-corrected chi connectivity index (χ1v) is 31.8. The third kappa shape index (κ3) is 44.4. The number of amides is 5. The molecule has 0 aromatic heterocycles. The van der Waals surface area contributed by atoms with Gasteiger partial charge in [-0.25, -0.2) is 0 Å². The van der Waals surface area contributed by atoms with E-state index in [1.807, 2.05) is 6.92 Å². The number of carbonyl (C=O) groups excluding carboxylic acids is 10. The zero-order chi connectivity index (χ0) is 64.0. The fourth-order valence-corrected chi connectivity index (χ4v) is 8.94. The van der Waals surface area contributed by atoms with Crippen LogP contribution in [0.25, 0.3) is 0 Å². The lowest BCUT2D eigenvalue weighted by molar-refractivity contribution is -0.144. The first-order valence-electron chi connectivity index (χ1n) is 31.8. The normalized spacial score (nSPS) is 12.7. The highest BCUT2D eigenvalue weighted by Gasteiger charge is 2.33. The number of ether oxygens (including phenoxy) is 2. The molecule has 4 unspecified atom stereocenters. The molecule has 0 heterocycles. The topological polar surface area (TPSA) is 380 Å². The second-order valence-corrected chi connectivity index (χ2v) is 21.2. The van der Waals surface area contributed by atoms with Gasteiger partial charge >= 0.3 is 11.9 Å². The minimum absolute atomic E-state index is 0.131. The van der Waals surface area contributed by atoms with E-state index in [1.165, 1.54) is 0 Å². The Morgan fingerprint density at radius 3 is 1.12 bits per heavy atom. The van der Waals surface area contributed by atoms with Crippen LogP contribution in [0.4, 0.5) is 0 Å². The molecule has 0 saturated carbocycles. The van der Waals surface area contributed by atoms with Gasteiger partial charge in [0.2, 0.25) is 29.5 Å². The Bertz CT molecular complexity index is 1880. The molecule has 4 atom stereocenters. The van der Waals surface area contributed by atoms with E-state index >= 15 is 0 Å². The van der Waals surface area contributed by atoms with E-state index < -0.39 is 96.8 Å². The van der Waals surface area contributed by atoms with Crippen LogP contribution in [0.5, 0.6) is 0 Å². The van der Waals surface area contributed by atoms with Crippen LogP contribution in [0.3, 0.4) is 0 Å². The van der Waals surface area contributed by atoms with E-state index in [-0.39, 0.29) is 69.7 Å². The van der Waals surface area contributed by atoms with Crippen LogP contribution in [0, 0.1) is 23.7 Å². The molecule has 86 heavy (non-hydrogen) atoms. The zero-order valence-corrected chi connectivity index (χ0v) is 53.3. The van der Waals surface area contributed by atoms with Crippen molar-refractivity contribution in [1.82, 2.24) is 68.3 Å². The van der Waals surface area contributed by atoms with Crippen LogP contribution in [0.15, 0.2) is 0 Å². The van der Waals surface area contributed by atoms with Gasteiger partial charge in [0.25, 0.3) is 0 Å². The molecule has 0 aromatic rings. The highest BCUT2D eigenvalue weighted by atomic mass is 16.5. The minimum Gasteiger partial charge on any atom is -0.464 e. The summed E-state index contributed by atoms with van der Waals surface area (Å²) in [4.78, 5) is 138. The van der Waals surface area contributed by atoms with Crippen molar-refractivity contribution in [2.75, 3.05) is 177 Å². The molecule has 27 heteroatoms. The SMILES string of the molecule is CCCCNC(=O)C(CC(=O)CC(CC(=O)C(CC(=O)CC(CC)C(=O)NCCNCCNCCC(=O)OCCN(CC)CC)CC(=O)NCCNCCNCCC(=O)OCCN(CC)CC)C(=O)NCCNCCN)CC(=O)NCCNCCN. The third-order valence-electron chi connectivity index (χ3n) is 14.3. The monoisotopic (exact) mass is 1230 g/mol. The quantitative estimate of drug-likeness (QED) is 0.0225. The Labute approximate surface area is 513 Å². The Balaban J connectivity index is 6.05. The summed E-state index contributed by atoms with van der Waals surface area (Å²) in [7, 11) is 0. The first-order chi connectivity index (χ1) is 41.5. The predicted molar refractivity (Wildman–Crippen MR) is 334 cm³/mol. The zero-order valence-electron chi connectivity index (χ0n) is 53.3. The summed E-state index contributed by atoms with van der Waals surface area (Å²) in [6.45, 7) is 25.3. The molecular weight excluding hydrogens is 1110 g/mol. The number of hydrogen-bond acceptors (Lipinski definition) is 22. The third-order valence-corrected chi connectivity index (χ3v) is 14.3. The molecule has 0 aromatic carbocycles. The Hall–Kier alpha value is -5.10. The predicted octanol–water partition coefficient (Wildman–Crippen LogP) is -2.31. The summed E-state index contributed by atoms with van der Waals surface area (Å²) in [6.07, 6.45) is -0.443. The van der Waals surface area contributed by atoms with Crippen LogP contribution in [-0.4, -0.2) is 245 Å². The molecule has 498 valence electrons. The number of nitrogens with one attached hydrogen (secondary N) is 11. The highest BCUT2D eigenvalue weighted by Crippen LogP contribution is 2.23. The summed E-state index contributed by atoms with van der Waals surface area (Å²) < 4.78 is 10.6. The summed E-state index contributed by atoms with van der Waals surface area (Å²) in [6, 6.07) is 0. The average Bonchev–Trinajstić information content (AvgIpc) is 3.70. The average molecular weight is 1230 g/mol. The van der Waals surface area contributed by atoms with Gasteiger partial charge in [-0.1, -0.05) is 48.0 Å². The van der Waals surface area contributed by atoms with E-state index in [9.17, 15) is 47.9 Å². The van der Waals surface area contributed by atoms with Crippen molar-refractivity contribution in [2.24, 2.45) is 35.1 Å². The molecule has 0 aliphatic heterocycles. The van der Waals surface area contributed by atoms with Crippen molar-refractivity contribution in [1.29, 1.82) is 0 Å². The van der Waals surface area contributed by atoms with Gasteiger partial charge in [-0.15, -0.1) is 0 Å². The van der Waals surface area contributed by atoms with Crippen LogP contribution < -0.4 is 70.0 Å². The van der Waals surface area contributed by atoms with E-state index in [0.717, 1.165) is 32.6 Å². The van der Waals surface area contributed by atoms with Gasteiger partial charge in [0.05, 0.1) is 24.7 Å². The van der Waals surface area contributed by atoms with Crippen LogP contribution in [0.1, 0.15) is 119 Å². The number of esters is 2. The smallest absolute Gasteiger partial charge is 0.307 e. The second-order valence-electron chi connectivity index (χ2n) is 21.2. The number of unbranched alkanes of at least 4 members (excludes halogenated alkanes) is 1. The second kappa shape index (κ2) is 55.2. The van der Waals surface area contributed by atoms with Crippen molar-refractivity contribution >= 4 is 58.8 Å². The number of nitrogens with zero attached hydrogens (tertiary/aromatic N) is 2. The number of hydrogen-bond donors (Lipinski definition) is 13. The first kappa shape index (κ1) is 80.9. The van der Waals surface area contributed by atoms with Crippen LogP contribution in [0.2, 0.25) is 0 Å². The van der Waals surface area contributed by atoms with Gasteiger partial charge in [0.1, 0.15) is 30.6 Å². The summed E-state index contributed by atoms with van der Waals surface area (Å²) in [5, 5.41) is 32.9. The molecule has 0 fully saturated rings. The number of rotatable bonds is 60. The molecular formula is C59H115N15O12. The number of Topliss-reactive ketones (excluding diaryl/α,β-unsaturated/α-hetero) is 3. The van der Waals surface area contributed by atoms with Gasteiger partial charge in [-0.3, -0.25) is 47.9 Å². The fraction of sp³-hybridized carbons (Fsp3) is 0.831. The Kier molecular flexibility index (Phi) is 52.0. The maximum Gasteiger partial charge on any atom is 0.307 e. The molecule has 27 nitrogen and oxygen atoms in total. The van der Waals surface area contributed by atoms with E-state index in [2.05, 4.69) is 96.0 Å². The molecule has 0 saturated heterocycles. The van der Waals surface area contributed by atoms with Crippen LogP contribution >= 0.6 is 0 Å².